The highest BCUT2D eigenvalue weighted by molar-refractivity contribution is 4.89. The molecule has 90 valence electrons. The SMILES string of the molecule is CCC(CC)CNCc1nnnn1C1CC1. The molecule has 16 heavy (non-hydrogen) atoms. The molecule has 0 spiro atoms. The highest BCUT2D eigenvalue weighted by Crippen LogP contribution is 2.34. The molecule has 0 radical (unpaired) electrons. The lowest BCUT2D eigenvalue weighted by molar-refractivity contribution is 0.439. The standard InChI is InChI=1S/C11H21N5/c1-3-9(4-2)7-12-8-11-13-14-15-16(11)10-5-6-10/h9-10,12H,3-8H2,1-2H3. The Morgan fingerprint density at radius 1 is 1.38 bits per heavy atom. The second-order valence-corrected chi connectivity index (χ2v) is 4.58. The average Bonchev–Trinajstić information content (AvgIpc) is 3.05. The second-order valence-electron chi connectivity index (χ2n) is 4.58. The zero-order chi connectivity index (χ0) is 11.4. The number of nitrogens with zero attached hydrogens (tertiary/aromatic N) is 4. The average molecular weight is 223 g/mol. The molecule has 0 atom stereocenters. The highest BCUT2D eigenvalue weighted by Gasteiger charge is 2.27. The van der Waals surface area contributed by atoms with E-state index in [1.807, 2.05) is 4.68 Å². The Balaban J connectivity index is 1.78. The van der Waals surface area contributed by atoms with Crippen molar-refractivity contribution in [2.75, 3.05) is 6.54 Å². The van der Waals surface area contributed by atoms with Crippen molar-refractivity contribution in [1.82, 2.24) is 25.5 Å². The van der Waals surface area contributed by atoms with E-state index in [0.717, 1.165) is 24.8 Å². The number of hydrogen-bond donors (Lipinski definition) is 1. The molecule has 0 unspecified atom stereocenters. The van der Waals surface area contributed by atoms with Gasteiger partial charge in [-0.25, -0.2) is 4.68 Å². The Hall–Kier alpha value is -0.970. The normalized spacial score (nSPS) is 15.9. The van der Waals surface area contributed by atoms with Gasteiger partial charge in [0.05, 0.1) is 12.6 Å². The first-order valence-corrected chi connectivity index (χ1v) is 6.32. The van der Waals surface area contributed by atoms with Crippen LogP contribution in [0.5, 0.6) is 0 Å². The molecule has 1 aliphatic rings. The van der Waals surface area contributed by atoms with Gasteiger partial charge in [0.2, 0.25) is 0 Å². The first-order valence-electron chi connectivity index (χ1n) is 6.32. The van der Waals surface area contributed by atoms with E-state index in [4.69, 9.17) is 0 Å². The number of tetrazole rings is 1. The predicted octanol–water partition coefficient (Wildman–Crippen LogP) is 1.53. The minimum absolute atomic E-state index is 0.569. The summed E-state index contributed by atoms with van der Waals surface area (Å²) in [6, 6.07) is 0.569. The summed E-state index contributed by atoms with van der Waals surface area (Å²) in [5, 5.41) is 15.3. The van der Waals surface area contributed by atoms with Crippen LogP contribution in [0.3, 0.4) is 0 Å². The van der Waals surface area contributed by atoms with Gasteiger partial charge in [-0.05, 0) is 35.7 Å². The lowest BCUT2D eigenvalue weighted by Crippen LogP contribution is -2.23. The lowest BCUT2D eigenvalue weighted by atomic mass is 10.0. The number of aromatic nitrogens is 4. The van der Waals surface area contributed by atoms with Gasteiger partial charge in [0.1, 0.15) is 0 Å². The molecule has 1 saturated carbocycles. The maximum Gasteiger partial charge on any atom is 0.165 e. The Labute approximate surface area is 96.6 Å². The summed E-state index contributed by atoms with van der Waals surface area (Å²) in [4.78, 5) is 0. The molecule has 1 aromatic rings. The van der Waals surface area contributed by atoms with Crippen molar-refractivity contribution < 1.29 is 0 Å². The Morgan fingerprint density at radius 3 is 2.75 bits per heavy atom. The monoisotopic (exact) mass is 223 g/mol. The van der Waals surface area contributed by atoms with Gasteiger partial charge in [-0.3, -0.25) is 0 Å². The van der Waals surface area contributed by atoms with E-state index in [1.54, 1.807) is 0 Å². The van der Waals surface area contributed by atoms with Crippen molar-refractivity contribution in [2.24, 2.45) is 5.92 Å². The molecule has 2 rings (SSSR count). The fraction of sp³-hybridized carbons (Fsp3) is 0.909. The molecule has 1 N–H and O–H groups in total. The van der Waals surface area contributed by atoms with Crippen LogP contribution in [0.15, 0.2) is 0 Å². The quantitative estimate of drug-likeness (QED) is 0.761. The van der Waals surface area contributed by atoms with Crippen molar-refractivity contribution in [2.45, 2.75) is 52.1 Å². The minimum atomic E-state index is 0.569. The van der Waals surface area contributed by atoms with Gasteiger partial charge in [0.15, 0.2) is 5.82 Å². The molecule has 1 aliphatic carbocycles. The van der Waals surface area contributed by atoms with Crippen molar-refractivity contribution in [3.05, 3.63) is 5.82 Å². The van der Waals surface area contributed by atoms with Gasteiger partial charge in [-0.15, -0.1) is 5.10 Å². The van der Waals surface area contributed by atoms with Crippen LogP contribution in [0.2, 0.25) is 0 Å². The summed E-state index contributed by atoms with van der Waals surface area (Å²) >= 11 is 0. The molecule has 1 heterocycles. The fourth-order valence-corrected chi connectivity index (χ4v) is 1.90. The van der Waals surface area contributed by atoms with E-state index in [-0.39, 0.29) is 0 Å². The van der Waals surface area contributed by atoms with E-state index in [2.05, 4.69) is 34.7 Å². The molecule has 5 nitrogen and oxygen atoms in total. The number of rotatable bonds is 7. The van der Waals surface area contributed by atoms with Gasteiger partial charge in [-0.1, -0.05) is 26.7 Å². The summed E-state index contributed by atoms with van der Waals surface area (Å²) in [5.74, 6) is 1.75. The molecule has 0 amide bonds. The Bertz CT molecular complexity index is 314. The van der Waals surface area contributed by atoms with E-state index < -0.39 is 0 Å². The molecule has 1 fully saturated rings. The van der Waals surface area contributed by atoms with Gasteiger partial charge in [0, 0.05) is 0 Å². The van der Waals surface area contributed by atoms with Crippen LogP contribution in [0.25, 0.3) is 0 Å². The van der Waals surface area contributed by atoms with Crippen LogP contribution < -0.4 is 5.32 Å². The van der Waals surface area contributed by atoms with Gasteiger partial charge in [-0.2, -0.15) is 0 Å². The van der Waals surface area contributed by atoms with Crippen molar-refractivity contribution in [3.8, 4) is 0 Å². The number of hydrogen-bond acceptors (Lipinski definition) is 4. The summed E-state index contributed by atoms with van der Waals surface area (Å²) in [6.45, 7) is 6.33. The Morgan fingerprint density at radius 2 is 2.12 bits per heavy atom. The predicted molar refractivity (Wildman–Crippen MR) is 61.9 cm³/mol. The summed E-state index contributed by atoms with van der Waals surface area (Å²) < 4.78 is 1.97. The zero-order valence-electron chi connectivity index (χ0n) is 10.2. The fourth-order valence-electron chi connectivity index (χ4n) is 1.90. The first-order chi connectivity index (χ1) is 7.85. The van der Waals surface area contributed by atoms with Crippen molar-refractivity contribution in [3.63, 3.8) is 0 Å². The van der Waals surface area contributed by atoms with E-state index in [1.165, 1.54) is 25.7 Å². The molecule has 0 aliphatic heterocycles. The van der Waals surface area contributed by atoms with Gasteiger partial charge in [0.25, 0.3) is 0 Å². The smallest absolute Gasteiger partial charge is 0.165 e. The maximum atomic E-state index is 4.07. The number of nitrogens with one attached hydrogen (secondary N) is 1. The topological polar surface area (TPSA) is 55.6 Å². The third-order valence-electron chi connectivity index (χ3n) is 3.32. The third kappa shape index (κ3) is 2.78. The van der Waals surface area contributed by atoms with E-state index >= 15 is 0 Å². The van der Waals surface area contributed by atoms with Crippen LogP contribution in [-0.4, -0.2) is 26.8 Å². The summed E-state index contributed by atoms with van der Waals surface area (Å²) in [5.41, 5.74) is 0. The zero-order valence-corrected chi connectivity index (χ0v) is 10.2. The lowest BCUT2D eigenvalue weighted by Gasteiger charge is -2.12. The molecular formula is C11H21N5. The first kappa shape index (κ1) is 11.5. The van der Waals surface area contributed by atoms with Crippen LogP contribution in [0, 0.1) is 5.92 Å². The van der Waals surface area contributed by atoms with Crippen molar-refractivity contribution >= 4 is 0 Å². The van der Waals surface area contributed by atoms with Crippen LogP contribution in [0.4, 0.5) is 0 Å². The summed E-state index contributed by atoms with van der Waals surface area (Å²) in [6.07, 6.45) is 4.92. The highest BCUT2D eigenvalue weighted by atomic mass is 15.6. The molecule has 5 heteroatoms. The van der Waals surface area contributed by atoms with E-state index in [9.17, 15) is 0 Å². The second kappa shape index (κ2) is 5.39. The van der Waals surface area contributed by atoms with Crippen molar-refractivity contribution in [1.29, 1.82) is 0 Å². The molecule has 1 aromatic heterocycles. The molecule has 0 aromatic carbocycles. The van der Waals surface area contributed by atoms with Gasteiger partial charge < -0.3 is 5.32 Å². The van der Waals surface area contributed by atoms with Crippen LogP contribution in [-0.2, 0) is 6.54 Å². The van der Waals surface area contributed by atoms with E-state index in [0.29, 0.717) is 6.04 Å². The van der Waals surface area contributed by atoms with Crippen LogP contribution in [0.1, 0.15) is 51.4 Å². The maximum absolute atomic E-state index is 4.07. The van der Waals surface area contributed by atoms with Gasteiger partial charge >= 0.3 is 0 Å². The minimum Gasteiger partial charge on any atom is -0.310 e. The third-order valence-corrected chi connectivity index (χ3v) is 3.32. The largest absolute Gasteiger partial charge is 0.310 e. The van der Waals surface area contributed by atoms with Crippen LogP contribution >= 0.6 is 0 Å². The molecule has 0 bridgehead atoms. The molecular weight excluding hydrogens is 202 g/mol. The summed E-state index contributed by atoms with van der Waals surface area (Å²) in [7, 11) is 0. The Kier molecular flexibility index (Phi) is 3.88. The molecule has 0 saturated heterocycles.